The van der Waals surface area contributed by atoms with Crippen LogP contribution in [0.4, 0.5) is 0 Å². The molecule has 0 bridgehead atoms. The molecule has 9 heteroatoms. The van der Waals surface area contributed by atoms with Crippen molar-refractivity contribution < 1.29 is 33.3 Å². The highest BCUT2D eigenvalue weighted by Gasteiger charge is 2.18. The molecule has 0 atom stereocenters. The Labute approximate surface area is 151 Å². The Morgan fingerprint density at radius 1 is 1.08 bits per heavy atom. The van der Waals surface area contributed by atoms with Crippen LogP contribution in [0.2, 0.25) is 0 Å². The van der Waals surface area contributed by atoms with Crippen LogP contribution in [0.5, 0.6) is 11.5 Å². The van der Waals surface area contributed by atoms with E-state index in [4.69, 9.17) is 18.9 Å². The number of amides is 2. The predicted octanol–water partition coefficient (Wildman–Crippen LogP) is -0.164. The van der Waals surface area contributed by atoms with Crippen LogP contribution in [0.3, 0.4) is 0 Å². The van der Waals surface area contributed by atoms with E-state index in [0.717, 1.165) is 0 Å². The van der Waals surface area contributed by atoms with Gasteiger partial charge in [-0.3, -0.25) is 14.4 Å². The molecule has 0 saturated carbocycles. The Morgan fingerprint density at radius 3 is 2.27 bits per heavy atom. The summed E-state index contributed by atoms with van der Waals surface area (Å²) in [6.45, 7) is 1.19. The topological polar surface area (TPSA) is 103 Å². The lowest BCUT2D eigenvalue weighted by Crippen LogP contribution is -2.43. The number of hydrogen-bond donors (Lipinski definition) is 1. The smallest absolute Gasteiger partial charge is 0.325 e. The van der Waals surface area contributed by atoms with Crippen LogP contribution in [0.1, 0.15) is 10.4 Å². The van der Waals surface area contributed by atoms with Crippen LogP contribution in [0, 0.1) is 0 Å². The number of nitrogens with one attached hydrogen (secondary N) is 1. The number of esters is 1. The molecule has 0 unspecified atom stereocenters. The summed E-state index contributed by atoms with van der Waals surface area (Å²) in [5, 5.41) is 2.44. The molecule has 26 heavy (non-hydrogen) atoms. The Balaban J connectivity index is 1.79. The fraction of sp³-hybridized carbons (Fsp3) is 0.471. The standard InChI is InChI=1S/C17H22N2O7/c1-23-13-7-12(8-14(9-13)24-2)17(22)18-10-16(21)26-11-15(20)19-3-5-25-6-4-19/h7-9H,3-6,10-11H2,1-2H3,(H,18,22). The average Bonchev–Trinajstić information content (AvgIpc) is 2.70. The molecule has 0 aromatic heterocycles. The molecule has 1 aromatic carbocycles. The third-order valence-corrected chi connectivity index (χ3v) is 3.73. The minimum atomic E-state index is -0.699. The molecule has 1 saturated heterocycles. The molecule has 1 aliphatic heterocycles. The summed E-state index contributed by atoms with van der Waals surface area (Å²) in [6.07, 6.45) is 0. The number of hydrogen-bond acceptors (Lipinski definition) is 7. The molecule has 1 N–H and O–H groups in total. The summed E-state index contributed by atoms with van der Waals surface area (Å²) in [5.74, 6) is -0.569. The van der Waals surface area contributed by atoms with Gasteiger partial charge >= 0.3 is 5.97 Å². The lowest BCUT2D eigenvalue weighted by molar-refractivity contribution is -0.152. The molecule has 2 amide bonds. The number of morpholine rings is 1. The molecule has 0 radical (unpaired) electrons. The zero-order valence-corrected chi connectivity index (χ0v) is 14.8. The normalized spacial score (nSPS) is 13.7. The van der Waals surface area contributed by atoms with Gasteiger partial charge in [-0.05, 0) is 12.1 Å². The minimum absolute atomic E-state index is 0.276. The first kappa shape index (κ1) is 19.5. The van der Waals surface area contributed by atoms with Gasteiger partial charge in [0, 0.05) is 24.7 Å². The second-order valence-corrected chi connectivity index (χ2v) is 5.44. The van der Waals surface area contributed by atoms with E-state index in [2.05, 4.69) is 5.32 Å². The lowest BCUT2D eigenvalue weighted by atomic mass is 10.2. The van der Waals surface area contributed by atoms with Crippen LogP contribution in [-0.4, -0.2) is 76.4 Å². The maximum atomic E-state index is 12.2. The SMILES string of the molecule is COc1cc(OC)cc(C(=O)NCC(=O)OCC(=O)N2CCOCC2)c1. The summed E-state index contributed by atoms with van der Waals surface area (Å²) >= 11 is 0. The Morgan fingerprint density at radius 2 is 1.69 bits per heavy atom. The molecule has 0 aliphatic carbocycles. The molecular weight excluding hydrogens is 344 g/mol. The maximum absolute atomic E-state index is 12.2. The van der Waals surface area contributed by atoms with Gasteiger partial charge in [-0.1, -0.05) is 0 Å². The van der Waals surface area contributed by atoms with Crippen molar-refractivity contribution in [3.05, 3.63) is 23.8 Å². The highest BCUT2D eigenvalue weighted by atomic mass is 16.5. The van der Waals surface area contributed by atoms with E-state index in [1.807, 2.05) is 0 Å². The van der Waals surface area contributed by atoms with Gasteiger partial charge in [0.05, 0.1) is 27.4 Å². The number of benzene rings is 1. The van der Waals surface area contributed by atoms with Crippen molar-refractivity contribution in [3.63, 3.8) is 0 Å². The van der Waals surface area contributed by atoms with Crippen molar-refractivity contribution >= 4 is 17.8 Å². The van der Waals surface area contributed by atoms with Gasteiger partial charge in [0.1, 0.15) is 18.0 Å². The number of methoxy groups -OCH3 is 2. The molecule has 0 spiro atoms. The largest absolute Gasteiger partial charge is 0.497 e. The van der Waals surface area contributed by atoms with E-state index in [1.165, 1.54) is 26.4 Å². The van der Waals surface area contributed by atoms with E-state index in [9.17, 15) is 14.4 Å². The fourth-order valence-electron chi connectivity index (χ4n) is 2.29. The van der Waals surface area contributed by atoms with Gasteiger partial charge in [0.25, 0.3) is 11.8 Å². The number of ether oxygens (including phenoxy) is 4. The quantitative estimate of drug-likeness (QED) is 0.669. The van der Waals surface area contributed by atoms with Crippen LogP contribution >= 0.6 is 0 Å². The molecule has 1 fully saturated rings. The second kappa shape index (κ2) is 9.62. The van der Waals surface area contributed by atoms with E-state index < -0.39 is 11.9 Å². The Hall–Kier alpha value is -2.81. The van der Waals surface area contributed by atoms with Gasteiger partial charge in [-0.15, -0.1) is 0 Å². The highest BCUT2D eigenvalue weighted by Crippen LogP contribution is 2.22. The Kier molecular flexibility index (Phi) is 7.22. The van der Waals surface area contributed by atoms with Crippen LogP contribution in [0.25, 0.3) is 0 Å². The number of carbonyl (C=O) groups excluding carboxylic acids is 3. The van der Waals surface area contributed by atoms with E-state index >= 15 is 0 Å². The van der Waals surface area contributed by atoms with E-state index in [-0.39, 0.29) is 24.6 Å². The third kappa shape index (κ3) is 5.62. The molecule has 2 rings (SSSR count). The number of nitrogens with zero attached hydrogens (tertiary/aromatic N) is 1. The molecule has 1 heterocycles. The summed E-state index contributed by atoms with van der Waals surface area (Å²) < 4.78 is 20.2. The summed E-state index contributed by atoms with van der Waals surface area (Å²) in [4.78, 5) is 37.3. The van der Waals surface area contributed by atoms with Crippen LogP contribution in [0.15, 0.2) is 18.2 Å². The van der Waals surface area contributed by atoms with Crippen LogP contribution in [-0.2, 0) is 19.1 Å². The fourth-order valence-corrected chi connectivity index (χ4v) is 2.29. The van der Waals surface area contributed by atoms with Crippen molar-refractivity contribution in [2.24, 2.45) is 0 Å². The van der Waals surface area contributed by atoms with E-state index in [1.54, 1.807) is 11.0 Å². The van der Waals surface area contributed by atoms with Crippen LogP contribution < -0.4 is 14.8 Å². The van der Waals surface area contributed by atoms with E-state index in [0.29, 0.717) is 37.8 Å². The number of rotatable bonds is 7. The highest BCUT2D eigenvalue weighted by molar-refractivity contribution is 5.96. The minimum Gasteiger partial charge on any atom is -0.497 e. The second-order valence-electron chi connectivity index (χ2n) is 5.44. The zero-order valence-electron chi connectivity index (χ0n) is 14.8. The summed E-state index contributed by atoms with van der Waals surface area (Å²) in [6, 6.07) is 4.67. The van der Waals surface area contributed by atoms with Gasteiger partial charge in [0.15, 0.2) is 6.61 Å². The summed E-state index contributed by atoms with van der Waals surface area (Å²) in [7, 11) is 2.94. The monoisotopic (exact) mass is 366 g/mol. The van der Waals surface area contributed by atoms with Gasteiger partial charge in [-0.2, -0.15) is 0 Å². The summed E-state index contributed by atoms with van der Waals surface area (Å²) in [5.41, 5.74) is 0.276. The van der Waals surface area contributed by atoms with Crippen molar-refractivity contribution in [1.29, 1.82) is 0 Å². The first-order chi connectivity index (χ1) is 12.5. The molecular formula is C17H22N2O7. The van der Waals surface area contributed by atoms with Crippen molar-refractivity contribution in [2.75, 3.05) is 53.7 Å². The van der Waals surface area contributed by atoms with Gasteiger partial charge < -0.3 is 29.2 Å². The van der Waals surface area contributed by atoms with Crippen molar-refractivity contribution in [3.8, 4) is 11.5 Å². The average molecular weight is 366 g/mol. The van der Waals surface area contributed by atoms with Gasteiger partial charge in [-0.25, -0.2) is 0 Å². The third-order valence-electron chi connectivity index (χ3n) is 3.73. The molecule has 142 valence electrons. The van der Waals surface area contributed by atoms with Crippen molar-refractivity contribution in [2.45, 2.75) is 0 Å². The zero-order chi connectivity index (χ0) is 18.9. The van der Waals surface area contributed by atoms with Gasteiger partial charge in [0.2, 0.25) is 0 Å². The first-order valence-electron chi connectivity index (χ1n) is 8.06. The van der Waals surface area contributed by atoms with Crippen molar-refractivity contribution in [1.82, 2.24) is 10.2 Å². The molecule has 1 aliphatic rings. The first-order valence-corrected chi connectivity index (χ1v) is 8.06. The lowest BCUT2D eigenvalue weighted by Gasteiger charge is -2.26. The maximum Gasteiger partial charge on any atom is 0.325 e. The predicted molar refractivity (Wildman–Crippen MR) is 90.2 cm³/mol. The molecule has 1 aromatic rings. The molecule has 9 nitrogen and oxygen atoms in total. The Bertz CT molecular complexity index is 634. The number of carbonyl (C=O) groups is 3.